The molecule has 4 rings (SSSR count). The highest BCUT2D eigenvalue weighted by molar-refractivity contribution is 5.89. The van der Waals surface area contributed by atoms with Crippen LogP contribution in [0.4, 0.5) is 0 Å². The molecule has 1 heteroatoms. The van der Waals surface area contributed by atoms with E-state index in [4.69, 9.17) is 4.74 Å². The molecule has 0 bridgehead atoms. The van der Waals surface area contributed by atoms with Gasteiger partial charge in [0.1, 0.15) is 6.10 Å². The molecule has 0 aliphatic heterocycles. The van der Waals surface area contributed by atoms with Gasteiger partial charge in [-0.05, 0) is 46.5 Å². The van der Waals surface area contributed by atoms with Gasteiger partial charge in [0, 0.05) is 0 Å². The van der Waals surface area contributed by atoms with Gasteiger partial charge in [0.2, 0.25) is 0 Å². The predicted molar refractivity (Wildman–Crippen MR) is 106 cm³/mol. The Hall–Kier alpha value is -2.64. The zero-order valence-corrected chi connectivity index (χ0v) is 14.6. The van der Waals surface area contributed by atoms with Crippen LogP contribution in [-0.4, -0.2) is 6.10 Å². The quantitative estimate of drug-likeness (QED) is 0.415. The molecule has 0 amide bonds. The van der Waals surface area contributed by atoms with Crippen LogP contribution in [0.1, 0.15) is 31.1 Å². The summed E-state index contributed by atoms with van der Waals surface area (Å²) in [5.74, 6) is 0. The third kappa shape index (κ3) is 3.04. The van der Waals surface area contributed by atoms with Gasteiger partial charge in [0.05, 0.1) is 6.10 Å². The summed E-state index contributed by atoms with van der Waals surface area (Å²) in [7, 11) is 0. The zero-order chi connectivity index (χ0) is 17.2. The fraction of sp³-hybridized carbons (Fsp3) is 0.167. The van der Waals surface area contributed by atoms with E-state index in [0.717, 1.165) is 0 Å². The minimum atomic E-state index is -0.0859. The lowest BCUT2D eigenvalue weighted by molar-refractivity contribution is 0.0320. The molecule has 25 heavy (non-hydrogen) atoms. The molecule has 0 saturated heterocycles. The first-order valence-electron chi connectivity index (χ1n) is 8.85. The highest BCUT2D eigenvalue weighted by Crippen LogP contribution is 2.36. The van der Waals surface area contributed by atoms with Crippen molar-refractivity contribution in [2.24, 2.45) is 0 Å². The zero-order valence-electron chi connectivity index (χ0n) is 14.6. The lowest BCUT2D eigenvalue weighted by Gasteiger charge is -2.24. The van der Waals surface area contributed by atoms with E-state index >= 15 is 0 Å². The van der Waals surface area contributed by atoms with Gasteiger partial charge in [0.25, 0.3) is 0 Å². The van der Waals surface area contributed by atoms with Gasteiger partial charge < -0.3 is 4.74 Å². The Bertz CT molecular complexity index is 927. The van der Waals surface area contributed by atoms with Crippen LogP contribution in [0.25, 0.3) is 21.5 Å². The van der Waals surface area contributed by atoms with Crippen molar-refractivity contribution < 1.29 is 4.74 Å². The Kier molecular flexibility index (Phi) is 4.25. The molecule has 4 aromatic carbocycles. The molecular weight excluding hydrogens is 304 g/mol. The van der Waals surface area contributed by atoms with Crippen molar-refractivity contribution in [2.75, 3.05) is 0 Å². The summed E-state index contributed by atoms with van der Waals surface area (Å²) in [6, 6.07) is 30.0. The number of hydrogen-bond acceptors (Lipinski definition) is 1. The molecule has 0 fully saturated rings. The second-order valence-corrected chi connectivity index (χ2v) is 6.70. The molecule has 1 nitrogen and oxygen atoms in total. The van der Waals surface area contributed by atoms with Crippen molar-refractivity contribution in [3.05, 3.63) is 96.1 Å². The highest BCUT2D eigenvalue weighted by Gasteiger charge is 2.20. The summed E-state index contributed by atoms with van der Waals surface area (Å²) < 4.78 is 6.44. The van der Waals surface area contributed by atoms with E-state index in [-0.39, 0.29) is 12.2 Å². The monoisotopic (exact) mass is 326 g/mol. The van der Waals surface area contributed by atoms with Gasteiger partial charge in [0.15, 0.2) is 0 Å². The van der Waals surface area contributed by atoms with Crippen molar-refractivity contribution in [1.29, 1.82) is 0 Å². The standard InChI is InChI=1S/C24H22O/c1-17(2)25-24(22-15-7-11-18-9-3-5-13-20(18)22)23-16-8-12-19-10-4-6-14-21(19)23/h3-17,24H,1-2H3. The number of benzene rings is 4. The molecule has 0 saturated carbocycles. The molecule has 0 unspecified atom stereocenters. The Labute approximate surface area is 148 Å². The molecule has 0 aromatic heterocycles. The highest BCUT2D eigenvalue weighted by atomic mass is 16.5. The van der Waals surface area contributed by atoms with Crippen molar-refractivity contribution in [3.8, 4) is 0 Å². The van der Waals surface area contributed by atoms with Crippen LogP contribution in [0, 0.1) is 0 Å². The average molecular weight is 326 g/mol. The molecule has 0 aliphatic rings. The van der Waals surface area contributed by atoms with E-state index < -0.39 is 0 Å². The fourth-order valence-electron chi connectivity index (χ4n) is 3.54. The van der Waals surface area contributed by atoms with Crippen molar-refractivity contribution in [1.82, 2.24) is 0 Å². The lowest BCUT2D eigenvalue weighted by atomic mass is 9.92. The first kappa shape index (κ1) is 15.9. The second kappa shape index (κ2) is 6.70. The smallest absolute Gasteiger partial charge is 0.109 e. The Morgan fingerprint density at radius 2 is 1.00 bits per heavy atom. The SMILES string of the molecule is CC(C)OC(c1cccc2ccccc12)c1cccc2ccccc12. The summed E-state index contributed by atoms with van der Waals surface area (Å²) >= 11 is 0. The summed E-state index contributed by atoms with van der Waals surface area (Å²) in [5.41, 5.74) is 2.45. The number of fused-ring (bicyclic) bond motifs is 2. The minimum absolute atomic E-state index is 0.0859. The largest absolute Gasteiger partial charge is 0.366 e. The van der Waals surface area contributed by atoms with Crippen LogP contribution in [0.2, 0.25) is 0 Å². The second-order valence-electron chi connectivity index (χ2n) is 6.70. The van der Waals surface area contributed by atoms with E-state index in [1.54, 1.807) is 0 Å². The Balaban J connectivity index is 1.97. The van der Waals surface area contributed by atoms with Crippen LogP contribution < -0.4 is 0 Å². The van der Waals surface area contributed by atoms with Crippen molar-refractivity contribution in [2.45, 2.75) is 26.1 Å². The molecule has 124 valence electrons. The Morgan fingerprint density at radius 3 is 1.48 bits per heavy atom. The summed E-state index contributed by atoms with van der Waals surface area (Å²) in [4.78, 5) is 0. The third-order valence-corrected chi connectivity index (χ3v) is 4.62. The maximum atomic E-state index is 6.44. The molecule has 0 aliphatic carbocycles. The molecular formula is C24H22O. The van der Waals surface area contributed by atoms with Gasteiger partial charge >= 0.3 is 0 Å². The molecule has 0 atom stereocenters. The van der Waals surface area contributed by atoms with Gasteiger partial charge in [-0.3, -0.25) is 0 Å². The summed E-state index contributed by atoms with van der Waals surface area (Å²) in [6.07, 6.45) is 0.0557. The topological polar surface area (TPSA) is 9.23 Å². The van der Waals surface area contributed by atoms with Gasteiger partial charge in [-0.25, -0.2) is 0 Å². The minimum Gasteiger partial charge on any atom is -0.366 e. The summed E-state index contributed by atoms with van der Waals surface area (Å²) in [6.45, 7) is 4.20. The number of ether oxygens (including phenoxy) is 1. The first-order chi connectivity index (χ1) is 12.2. The van der Waals surface area contributed by atoms with Crippen molar-refractivity contribution in [3.63, 3.8) is 0 Å². The molecule has 4 aromatic rings. The Morgan fingerprint density at radius 1 is 0.560 bits per heavy atom. The third-order valence-electron chi connectivity index (χ3n) is 4.62. The van der Waals surface area contributed by atoms with Gasteiger partial charge in [-0.1, -0.05) is 84.9 Å². The molecule has 0 spiro atoms. The van der Waals surface area contributed by atoms with E-state index in [9.17, 15) is 0 Å². The van der Waals surface area contributed by atoms with Crippen LogP contribution >= 0.6 is 0 Å². The van der Waals surface area contributed by atoms with E-state index in [1.165, 1.54) is 32.7 Å². The van der Waals surface area contributed by atoms with Crippen LogP contribution in [0.5, 0.6) is 0 Å². The number of rotatable bonds is 4. The predicted octanol–water partition coefficient (Wildman–Crippen LogP) is 6.51. The normalized spacial score (nSPS) is 11.7. The van der Waals surface area contributed by atoms with Crippen LogP contribution in [0.15, 0.2) is 84.9 Å². The van der Waals surface area contributed by atoms with E-state index in [2.05, 4.69) is 98.8 Å². The first-order valence-corrected chi connectivity index (χ1v) is 8.85. The fourth-order valence-corrected chi connectivity index (χ4v) is 3.54. The average Bonchev–Trinajstić information content (AvgIpc) is 2.65. The van der Waals surface area contributed by atoms with Crippen LogP contribution in [-0.2, 0) is 4.74 Å². The summed E-state index contributed by atoms with van der Waals surface area (Å²) in [5, 5.41) is 5.00. The molecule has 0 heterocycles. The van der Waals surface area contributed by atoms with E-state index in [1.807, 2.05) is 0 Å². The van der Waals surface area contributed by atoms with Crippen LogP contribution in [0.3, 0.4) is 0 Å². The molecule has 0 radical (unpaired) electrons. The van der Waals surface area contributed by atoms with Crippen molar-refractivity contribution >= 4 is 21.5 Å². The molecule has 0 N–H and O–H groups in total. The van der Waals surface area contributed by atoms with Gasteiger partial charge in [-0.2, -0.15) is 0 Å². The maximum Gasteiger partial charge on any atom is 0.109 e. The maximum absolute atomic E-state index is 6.44. The number of hydrogen-bond donors (Lipinski definition) is 0. The van der Waals surface area contributed by atoms with Gasteiger partial charge in [-0.15, -0.1) is 0 Å². The lowest BCUT2D eigenvalue weighted by Crippen LogP contribution is -2.13. The van der Waals surface area contributed by atoms with E-state index in [0.29, 0.717) is 0 Å².